The fraction of sp³-hybridized carbons (Fsp3) is 0.833. The van der Waals surface area contributed by atoms with Crippen LogP contribution in [0.15, 0.2) is 11.6 Å². The molecule has 1 aliphatic carbocycles. The lowest BCUT2D eigenvalue weighted by molar-refractivity contribution is 0.420. The zero-order valence-corrected chi connectivity index (χ0v) is 9.27. The minimum atomic E-state index is 0.637. The summed E-state index contributed by atoms with van der Waals surface area (Å²) < 4.78 is 0. The third-order valence-corrected chi connectivity index (χ3v) is 2.86. The highest BCUT2D eigenvalue weighted by Gasteiger charge is 2.22. The van der Waals surface area contributed by atoms with Gasteiger partial charge in [0, 0.05) is 6.04 Å². The lowest BCUT2D eigenvalue weighted by atomic mass is 9.96. The van der Waals surface area contributed by atoms with Gasteiger partial charge in [0.2, 0.25) is 0 Å². The Labute approximate surface area is 82.6 Å². The Bertz CT molecular complexity index is 162. The fourth-order valence-electron chi connectivity index (χ4n) is 2.27. The van der Waals surface area contributed by atoms with E-state index in [0.717, 1.165) is 12.5 Å². The van der Waals surface area contributed by atoms with Crippen LogP contribution in [0.3, 0.4) is 0 Å². The summed E-state index contributed by atoms with van der Waals surface area (Å²) in [6.45, 7) is 7.67. The quantitative estimate of drug-likeness (QED) is 0.657. The lowest BCUT2D eigenvalue weighted by Gasteiger charge is -2.21. The summed E-state index contributed by atoms with van der Waals surface area (Å²) in [6.07, 6.45) is 8.11. The largest absolute Gasteiger partial charge is 0.311 e. The highest BCUT2D eigenvalue weighted by atomic mass is 14.9. The van der Waals surface area contributed by atoms with E-state index in [-0.39, 0.29) is 0 Å². The molecule has 0 aromatic rings. The third-order valence-electron chi connectivity index (χ3n) is 2.86. The molecule has 0 spiro atoms. The second-order valence-electron chi connectivity index (χ2n) is 4.37. The Hall–Kier alpha value is -0.300. The van der Waals surface area contributed by atoms with E-state index in [1.807, 2.05) is 0 Å². The number of nitrogens with one attached hydrogen (secondary N) is 1. The molecule has 0 radical (unpaired) electrons. The molecule has 1 aliphatic rings. The molecule has 1 unspecified atom stereocenters. The summed E-state index contributed by atoms with van der Waals surface area (Å²) in [5, 5.41) is 3.58. The maximum absolute atomic E-state index is 3.58. The Kier molecular flexibility index (Phi) is 4.51. The first-order valence-electron chi connectivity index (χ1n) is 5.62. The van der Waals surface area contributed by atoms with E-state index in [0.29, 0.717) is 6.04 Å². The predicted octanol–water partition coefficient (Wildman–Crippen LogP) is 3.12. The Morgan fingerprint density at radius 3 is 2.46 bits per heavy atom. The SMILES string of the molecule is CCNC(C=C(C)C)C1CCCC1. The van der Waals surface area contributed by atoms with Gasteiger partial charge in [0.15, 0.2) is 0 Å². The van der Waals surface area contributed by atoms with E-state index < -0.39 is 0 Å². The number of hydrogen-bond acceptors (Lipinski definition) is 1. The number of rotatable bonds is 4. The highest BCUT2D eigenvalue weighted by molar-refractivity contribution is 5.03. The van der Waals surface area contributed by atoms with Crippen LogP contribution in [0, 0.1) is 5.92 Å². The molecule has 0 saturated heterocycles. The van der Waals surface area contributed by atoms with Gasteiger partial charge in [-0.3, -0.25) is 0 Å². The van der Waals surface area contributed by atoms with Crippen molar-refractivity contribution in [1.29, 1.82) is 0 Å². The van der Waals surface area contributed by atoms with Crippen molar-refractivity contribution in [3.63, 3.8) is 0 Å². The summed E-state index contributed by atoms with van der Waals surface area (Å²) in [5.41, 5.74) is 1.44. The van der Waals surface area contributed by atoms with Crippen LogP contribution in [-0.2, 0) is 0 Å². The molecule has 0 amide bonds. The van der Waals surface area contributed by atoms with Crippen LogP contribution in [0.25, 0.3) is 0 Å². The zero-order chi connectivity index (χ0) is 9.68. The second kappa shape index (κ2) is 5.43. The van der Waals surface area contributed by atoms with Crippen LogP contribution >= 0.6 is 0 Å². The molecule has 1 heteroatoms. The Morgan fingerprint density at radius 2 is 2.00 bits per heavy atom. The van der Waals surface area contributed by atoms with Gasteiger partial charge in [0.05, 0.1) is 0 Å². The molecule has 13 heavy (non-hydrogen) atoms. The summed E-state index contributed by atoms with van der Waals surface area (Å²) in [5.74, 6) is 0.898. The number of hydrogen-bond donors (Lipinski definition) is 1. The molecule has 0 aromatic carbocycles. The molecule has 1 N–H and O–H groups in total. The average molecular weight is 181 g/mol. The van der Waals surface area contributed by atoms with E-state index in [2.05, 4.69) is 32.2 Å². The number of allylic oxidation sites excluding steroid dienone is 1. The minimum Gasteiger partial charge on any atom is -0.311 e. The van der Waals surface area contributed by atoms with Crippen molar-refractivity contribution in [2.45, 2.75) is 52.5 Å². The van der Waals surface area contributed by atoms with Gasteiger partial charge in [-0.05, 0) is 39.2 Å². The molecule has 76 valence electrons. The van der Waals surface area contributed by atoms with Crippen LogP contribution in [0.1, 0.15) is 46.5 Å². The summed E-state index contributed by atoms with van der Waals surface area (Å²) >= 11 is 0. The van der Waals surface area contributed by atoms with Gasteiger partial charge in [0.25, 0.3) is 0 Å². The summed E-state index contributed by atoms with van der Waals surface area (Å²) in [7, 11) is 0. The van der Waals surface area contributed by atoms with Crippen molar-refractivity contribution in [3.05, 3.63) is 11.6 Å². The van der Waals surface area contributed by atoms with Gasteiger partial charge in [-0.2, -0.15) is 0 Å². The molecule has 1 saturated carbocycles. The van der Waals surface area contributed by atoms with Gasteiger partial charge < -0.3 is 5.32 Å². The summed E-state index contributed by atoms with van der Waals surface area (Å²) in [4.78, 5) is 0. The zero-order valence-electron chi connectivity index (χ0n) is 9.27. The van der Waals surface area contributed by atoms with E-state index in [9.17, 15) is 0 Å². The monoisotopic (exact) mass is 181 g/mol. The van der Waals surface area contributed by atoms with Crippen molar-refractivity contribution in [2.24, 2.45) is 5.92 Å². The van der Waals surface area contributed by atoms with Crippen molar-refractivity contribution >= 4 is 0 Å². The minimum absolute atomic E-state index is 0.637. The highest BCUT2D eigenvalue weighted by Crippen LogP contribution is 2.28. The molecule has 1 nitrogen and oxygen atoms in total. The van der Waals surface area contributed by atoms with Crippen LogP contribution in [-0.4, -0.2) is 12.6 Å². The van der Waals surface area contributed by atoms with Crippen molar-refractivity contribution in [2.75, 3.05) is 6.54 Å². The van der Waals surface area contributed by atoms with Crippen molar-refractivity contribution in [3.8, 4) is 0 Å². The standard InChI is InChI=1S/C12H23N/c1-4-13-12(9-10(2)3)11-7-5-6-8-11/h9,11-13H,4-8H2,1-3H3. The molecule has 0 heterocycles. The molecule has 0 aliphatic heterocycles. The second-order valence-corrected chi connectivity index (χ2v) is 4.37. The van der Waals surface area contributed by atoms with Crippen LogP contribution < -0.4 is 5.32 Å². The summed E-state index contributed by atoms with van der Waals surface area (Å²) in [6, 6.07) is 0.637. The molecule has 1 rings (SSSR count). The maximum atomic E-state index is 3.58. The first kappa shape index (κ1) is 10.8. The van der Waals surface area contributed by atoms with E-state index in [4.69, 9.17) is 0 Å². The molecule has 1 atom stereocenters. The number of likely N-dealkylation sites (N-methyl/N-ethyl adjacent to an activating group) is 1. The van der Waals surface area contributed by atoms with Crippen LogP contribution in [0.2, 0.25) is 0 Å². The van der Waals surface area contributed by atoms with Crippen LogP contribution in [0.4, 0.5) is 0 Å². The van der Waals surface area contributed by atoms with Gasteiger partial charge in [-0.1, -0.05) is 31.4 Å². The van der Waals surface area contributed by atoms with Crippen molar-refractivity contribution in [1.82, 2.24) is 5.32 Å². The first-order chi connectivity index (χ1) is 6.24. The molecule has 1 fully saturated rings. The Morgan fingerprint density at radius 1 is 1.38 bits per heavy atom. The smallest absolute Gasteiger partial charge is 0.0280 e. The Balaban J connectivity index is 2.50. The lowest BCUT2D eigenvalue weighted by Crippen LogP contribution is -2.33. The first-order valence-corrected chi connectivity index (χ1v) is 5.62. The maximum Gasteiger partial charge on any atom is 0.0280 e. The average Bonchev–Trinajstić information content (AvgIpc) is 2.54. The van der Waals surface area contributed by atoms with Gasteiger partial charge in [-0.15, -0.1) is 0 Å². The third kappa shape index (κ3) is 3.51. The predicted molar refractivity (Wildman–Crippen MR) is 58.9 cm³/mol. The van der Waals surface area contributed by atoms with Gasteiger partial charge in [-0.25, -0.2) is 0 Å². The van der Waals surface area contributed by atoms with Gasteiger partial charge in [0.1, 0.15) is 0 Å². The normalized spacial score (nSPS) is 20.2. The van der Waals surface area contributed by atoms with E-state index in [1.54, 1.807) is 0 Å². The molecular weight excluding hydrogens is 158 g/mol. The topological polar surface area (TPSA) is 12.0 Å². The molecule has 0 bridgehead atoms. The van der Waals surface area contributed by atoms with Crippen molar-refractivity contribution < 1.29 is 0 Å². The molecule has 0 aromatic heterocycles. The van der Waals surface area contributed by atoms with E-state index >= 15 is 0 Å². The van der Waals surface area contributed by atoms with E-state index in [1.165, 1.54) is 31.3 Å². The van der Waals surface area contributed by atoms with Crippen LogP contribution in [0.5, 0.6) is 0 Å². The molecular formula is C12H23N. The van der Waals surface area contributed by atoms with Gasteiger partial charge >= 0.3 is 0 Å². The fourth-order valence-corrected chi connectivity index (χ4v) is 2.27.